The van der Waals surface area contributed by atoms with E-state index < -0.39 is 35.9 Å². The smallest absolute Gasteiger partial charge is 0.322 e. The molecule has 0 radical (unpaired) electrons. The molecule has 0 aromatic carbocycles. The van der Waals surface area contributed by atoms with Crippen molar-refractivity contribution < 1.29 is 24.3 Å². The number of amides is 3. The molecule has 4 N–H and O–H groups in total. The summed E-state index contributed by atoms with van der Waals surface area (Å²) in [6, 6.07) is -2.46. The second-order valence-electron chi connectivity index (χ2n) is 6.66. The number of carboxylic acid groups (broad SMARTS) is 1. The van der Waals surface area contributed by atoms with E-state index in [2.05, 4.69) is 22.6 Å². The van der Waals surface area contributed by atoms with Crippen molar-refractivity contribution in [3.05, 3.63) is 12.7 Å². The lowest BCUT2D eigenvalue weighted by atomic mass is 10.0. The van der Waals surface area contributed by atoms with Crippen molar-refractivity contribution in [1.82, 2.24) is 21.1 Å². The van der Waals surface area contributed by atoms with Gasteiger partial charge in [0, 0.05) is 13.0 Å². The van der Waals surface area contributed by atoms with Gasteiger partial charge in [0.05, 0.1) is 0 Å². The van der Waals surface area contributed by atoms with Crippen molar-refractivity contribution in [2.45, 2.75) is 58.2 Å². The van der Waals surface area contributed by atoms with Crippen LogP contribution in [0.4, 0.5) is 0 Å². The third-order valence-corrected chi connectivity index (χ3v) is 4.07. The van der Waals surface area contributed by atoms with E-state index >= 15 is 0 Å². The van der Waals surface area contributed by atoms with E-state index in [-0.39, 0.29) is 18.2 Å². The molecule has 1 aliphatic heterocycles. The summed E-state index contributed by atoms with van der Waals surface area (Å²) in [7, 11) is 0. The number of carbonyl (C=O) groups is 4. The summed E-state index contributed by atoms with van der Waals surface area (Å²) in [5.74, 6) is -2.41. The monoisotopic (exact) mass is 368 g/mol. The number of hydrogen-bond acceptors (Lipinski definition) is 5. The van der Waals surface area contributed by atoms with E-state index in [0.717, 1.165) is 0 Å². The zero-order valence-corrected chi connectivity index (χ0v) is 15.4. The van der Waals surface area contributed by atoms with Crippen LogP contribution < -0.4 is 16.1 Å². The van der Waals surface area contributed by atoms with Gasteiger partial charge in [0.1, 0.15) is 18.1 Å². The van der Waals surface area contributed by atoms with Crippen LogP contribution in [0.3, 0.4) is 0 Å². The fourth-order valence-electron chi connectivity index (χ4n) is 2.62. The van der Waals surface area contributed by atoms with E-state index in [9.17, 15) is 19.2 Å². The first-order valence-corrected chi connectivity index (χ1v) is 8.68. The van der Waals surface area contributed by atoms with Gasteiger partial charge in [0.15, 0.2) is 0 Å². The van der Waals surface area contributed by atoms with Gasteiger partial charge in [-0.05, 0) is 25.7 Å². The summed E-state index contributed by atoms with van der Waals surface area (Å²) in [6.07, 6.45) is 2.53. The quantitative estimate of drug-likeness (QED) is 0.439. The fraction of sp³-hybridized carbons (Fsp3) is 0.647. The number of aliphatic carboxylic acids is 1. The highest BCUT2D eigenvalue weighted by Crippen LogP contribution is 2.09. The van der Waals surface area contributed by atoms with Gasteiger partial charge in [-0.15, -0.1) is 6.58 Å². The maximum atomic E-state index is 12.5. The van der Waals surface area contributed by atoms with Crippen LogP contribution >= 0.6 is 0 Å². The van der Waals surface area contributed by atoms with E-state index in [0.29, 0.717) is 19.4 Å². The number of rotatable bonds is 8. The second kappa shape index (κ2) is 9.91. The lowest BCUT2D eigenvalue weighted by molar-refractivity contribution is -0.148. The van der Waals surface area contributed by atoms with Crippen LogP contribution in [0.15, 0.2) is 12.7 Å². The SMILES string of the molecule is C=CCC(=O)N[C@H](C(=O)N[C@@H](C)C(=O)N1CCCC(C(=O)O)N1)C(C)C. The molecule has 3 amide bonds. The normalized spacial score (nSPS) is 19.4. The summed E-state index contributed by atoms with van der Waals surface area (Å²) >= 11 is 0. The first-order chi connectivity index (χ1) is 12.2. The lowest BCUT2D eigenvalue weighted by Gasteiger charge is -2.34. The zero-order chi connectivity index (χ0) is 19.9. The summed E-state index contributed by atoms with van der Waals surface area (Å²) in [5.41, 5.74) is 2.66. The molecule has 146 valence electrons. The number of carboxylic acids is 1. The van der Waals surface area contributed by atoms with Crippen LogP contribution in [0.2, 0.25) is 0 Å². The van der Waals surface area contributed by atoms with Crippen molar-refractivity contribution in [3.8, 4) is 0 Å². The van der Waals surface area contributed by atoms with E-state index in [1.165, 1.54) is 18.0 Å². The second-order valence-corrected chi connectivity index (χ2v) is 6.66. The predicted octanol–water partition coefficient (Wildman–Crippen LogP) is -0.212. The molecule has 1 rings (SSSR count). The third-order valence-electron chi connectivity index (χ3n) is 4.07. The van der Waals surface area contributed by atoms with Gasteiger partial charge < -0.3 is 15.7 Å². The Labute approximate surface area is 153 Å². The maximum absolute atomic E-state index is 12.5. The molecule has 0 spiro atoms. The van der Waals surface area contributed by atoms with Gasteiger partial charge in [0.25, 0.3) is 5.91 Å². The molecular formula is C17H28N4O5. The van der Waals surface area contributed by atoms with Gasteiger partial charge >= 0.3 is 5.97 Å². The molecule has 1 heterocycles. The van der Waals surface area contributed by atoms with Crippen molar-refractivity contribution in [2.75, 3.05) is 6.54 Å². The fourth-order valence-corrected chi connectivity index (χ4v) is 2.62. The van der Waals surface area contributed by atoms with Gasteiger partial charge in [-0.3, -0.25) is 24.2 Å². The molecule has 1 unspecified atom stereocenters. The highest BCUT2D eigenvalue weighted by molar-refractivity contribution is 5.92. The third kappa shape index (κ3) is 6.14. The number of hydrogen-bond donors (Lipinski definition) is 4. The molecule has 1 aliphatic rings. The van der Waals surface area contributed by atoms with Crippen LogP contribution in [0.5, 0.6) is 0 Å². The van der Waals surface area contributed by atoms with Gasteiger partial charge in [0.2, 0.25) is 11.8 Å². The molecule has 0 aromatic rings. The van der Waals surface area contributed by atoms with Crippen LogP contribution in [-0.4, -0.2) is 58.5 Å². The molecule has 3 atom stereocenters. The molecule has 1 saturated heterocycles. The Morgan fingerprint density at radius 1 is 1.27 bits per heavy atom. The Morgan fingerprint density at radius 2 is 1.92 bits per heavy atom. The Morgan fingerprint density at radius 3 is 2.46 bits per heavy atom. The number of nitrogens with one attached hydrogen (secondary N) is 3. The van der Waals surface area contributed by atoms with Crippen LogP contribution in [0.25, 0.3) is 0 Å². The molecule has 0 bridgehead atoms. The zero-order valence-electron chi connectivity index (χ0n) is 15.4. The molecule has 0 saturated carbocycles. The molecule has 0 aromatic heterocycles. The van der Waals surface area contributed by atoms with Crippen molar-refractivity contribution in [1.29, 1.82) is 0 Å². The molecular weight excluding hydrogens is 340 g/mol. The minimum absolute atomic E-state index is 0.0965. The summed E-state index contributed by atoms with van der Waals surface area (Å²) in [4.78, 5) is 47.7. The first kappa shape index (κ1) is 21.6. The molecule has 26 heavy (non-hydrogen) atoms. The van der Waals surface area contributed by atoms with E-state index in [4.69, 9.17) is 5.11 Å². The standard InChI is InChI=1S/C17H28N4O5/c1-5-7-13(22)19-14(10(2)3)15(23)18-11(4)16(24)21-9-6-8-12(20-21)17(25)26/h5,10-12,14,20H,1,6-9H2,2-4H3,(H,18,23)(H,19,22)(H,25,26)/t11-,12?,14-/m0/s1. The number of hydrazine groups is 1. The van der Waals surface area contributed by atoms with Crippen molar-refractivity contribution in [2.24, 2.45) is 5.92 Å². The maximum Gasteiger partial charge on any atom is 0.322 e. The van der Waals surface area contributed by atoms with E-state index in [1.807, 2.05) is 0 Å². The summed E-state index contributed by atoms with van der Waals surface area (Å²) in [6.45, 7) is 8.94. The topological polar surface area (TPSA) is 128 Å². The average Bonchev–Trinajstić information content (AvgIpc) is 2.58. The Kier molecular flexibility index (Phi) is 8.24. The van der Waals surface area contributed by atoms with Gasteiger partial charge in [-0.25, -0.2) is 5.43 Å². The summed E-state index contributed by atoms with van der Waals surface area (Å²) < 4.78 is 0. The van der Waals surface area contributed by atoms with Gasteiger partial charge in [-0.2, -0.15) is 0 Å². The van der Waals surface area contributed by atoms with Crippen molar-refractivity contribution >= 4 is 23.7 Å². The molecule has 9 nitrogen and oxygen atoms in total. The minimum Gasteiger partial charge on any atom is -0.480 e. The highest BCUT2D eigenvalue weighted by atomic mass is 16.4. The van der Waals surface area contributed by atoms with Crippen LogP contribution in [0.1, 0.15) is 40.0 Å². The molecule has 0 aliphatic carbocycles. The predicted molar refractivity (Wildman–Crippen MR) is 94.7 cm³/mol. The Hall–Kier alpha value is -2.42. The average molecular weight is 368 g/mol. The summed E-state index contributed by atoms with van der Waals surface area (Å²) in [5, 5.41) is 15.5. The number of nitrogens with zero attached hydrogens (tertiary/aromatic N) is 1. The Balaban J connectivity index is 2.68. The van der Waals surface area contributed by atoms with Crippen LogP contribution in [0, 0.1) is 5.92 Å². The first-order valence-electron chi connectivity index (χ1n) is 8.68. The largest absolute Gasteiger partial charge is 0.480 e. The van der Waals surface area contributed by atoms with Crippen molar-refractivity contribution in [3.63, 3.8) is 0 Å². The lowest BCUT2D eigenvalue weighted by Crippen LogP contribution is -2.60. The van der Waals surface area contributed by atoms with Crippen LogP contribution in [-0.2, 0) is 19.2 Å². The Bertz CT molecular complexity index is 563. The minimum atomic E-state index is -1.02. The van der Waals surface area contributed by atoms with Gasteiger partial charge in [-0.1, -0.05) is 19.9 Å². The van der Waals surface area contributed by atoms with E-state index in [1.54, 1.807) is 13.8 Å². The molecule has 9 heteroatoms. The molecule has 1 fully saturated rings. The highest BCUT2D eigenvalue weighted by Gasteiger charge is 2.32. The number of carbonyl (C=O) groups excluding carboxylic acids is 3.